The molecule has 4 atom stereocenters. The fraction of sp³-hybridized carbons (Fsp3) is 0.233. The summed E-state index contributed by atoms with van der Waals surface area (Å²) in [6, 6.07) is 15.6. The van der Waals surface area contributed by atoms with Crippen LogP contribution in [0, 0.1) is 25.7 Å². The van der Waals surface area contributed by atoms with Gasteiger partial charge in [-0.15, -0.1) is 0 Å². The van der Waals surface area contributed by atoms with Crippen LogP contribution in [0.1, 0.15) is 33.9 Å². The second-order valence-corrected chi connectivity index (χ2v) is 10.2. The van der Waals surface area contributed by atoms with Gasteiger partial charge in [0.05, 0.1) is 29.1 Å². The van der Waals surface area contributed by atoms with Crippen molar-refractivity contribution in [2.24, 2.45) is 11.8 Å². The molecule has 0 aliphatic carbocycles. The molecule has 3 heterocycles. The minimum absolute atomic E-state index is 0.0424. The molecule has 3 amide bonds. The molecule has 6 rings (SSSR count). The number of nitrogens with zero attached hydrogens (tertiary/aromatic N) is 2. The largest absolute Gasteiger partial charge is 0.416 e. The number of hydrogen-bond acceptors (Lipinski definition) is 4. The van der Waals surface area contributed by atoms with Gasteiger partial charge in [0.2, 0.25) is 17.7 Å². The minimum Gasteiger partial charge on any atom is -0.357 e. The highest BCUT2D eigenvalue weighted by atomic mass is 19.4. The lowest BCUT2D eigenvalue weighted by molar-refractivity contribution is -0.137. The zero-order valence-corrected chi connectivity index (χ0v) is 21.1. The molecule has 0 aromatic heterocycles. The third-order valence-electron chi connectivity index (χ3n) is 7.78. The Morgan fingerprint density at radius 1 is 0.897 bits per heavy atom. The molecule has 0 unspecified atom stereocenters. The van der Waals surface area contributed by atoms with E-state index >= 15 is 0 Å². The fourth-order valence-electron chi connectivity index (χ4n) is 6.14. The number of rotatable bonds is 3. The van der Waals surface area contributed by atoms with Crippen molar-refractivity contribution in [1.29, 1.82) is 0 Å². The zero-order valence-electron chi connectivity index (χ0n) is 21.1. The van der Waals surface area contributed by atoms with E-state index in [1.54, 1.807) is 17.2 Å². The van der Waals surface area contributed by atoms with Crippen molar-refractivity contribution in [3.8, 4) is 0 Å². The molecule has 0 spiro atoms. The summed E-state index contributed by atoms with van der Waals surface area (Å²) >= 11 is 0. The smallest absolute Gasteiger partial charge is 0.357 e. The van der Waals surface area contributed by atoms with E-state index in [-0.39, 0.29) is 5.69 Å². The lowest BCUT2D eigenvalue weighted by Crippen LogP contribution is -2.46. The number of alkyl halides is 3. The Morgan fingerprint density at radius 3 is 2.38 bits per heavy atom. The Morgan fingerprint density at radius 2 is 1.64 bits per heavy atom. The van der Waals surface area contributed by atoms with Crippen LogP contribution < -0.4 is 10.2 Å². The van der Waals surface area contributed by atoms with Crippen molar-refractivity contribution in [3.63, 3.8) is 0 Å². The minimum atomic E-state index is -4.58. The van der Waals surface area contributed by atoms with E-state index in [1.165, 1.54) is 17.0 Å². The number of carbonyl (C=O) groups excluding carboxylic acids is 3. The maximum atomic E-state index is 14.0. The molecule has 39 heavy (non-hydrogen) atoms. The summed E-state index contributed by atoms with van der Waals surface area (Å²) in [6.45, 7) is 3.73. The van der Waals surface area contributed by atoms with Crippen molar-refractivity contribution in [1.82, 2.24) is 4.90 Å². The average Bonchev–Trinajstić information content (AvgIpc) is 3.37. The number of anilines is 2. The third kappa shape index (κ3) is 3.91. The molecular formula is C30H24F3N3O3. The topological polar surface area (TPSA) is 69.7 Å². The summed E-state index contributed by atoms with van der Waals surface area (Å²) in [6.07, 6.45) is -1.07. The molecule has 0 radical (unpaired) electrons. The van der Waals surface area contributed by atoms with Crippen molar-refractivity contribution < 1.29 is 27.6 Å². The van der Waals surface area contributed by atoms with Gasteiger partial charge in [-0.25, -0.2) is 4.90 Å². The predicted molar refractivity (Wildman–Crippen MR) is 139 cm³/mol. The lowest BCUT2D eigenvalue weighted by Gasteiger charge is -2.35. The van der Waals surface area contributed by atoms with E-state index in [9.17, 15) is 27.6 Å². The second kappa shape index (κ2) is 8.83. The molecule has 3 aliphatic heterocycles. The van der Waals surface area contributed by atoms with Crippen LogP contribution in [0.2, 0.25) is 0 Å². The monoisotopic (exact) mass is 531 g/mol. The van der Waals surface area contributed by atoms with Gasteiger partial charge in [-0.05, 0) is 60.9 Å². The maximum absolute atomic E-state index is 14.0. The Bertz CT molecular complexity index is 1560. The molecule has 3 aliphatic rings. The van der Waals surface area contributed by atoms with Gasteiger partial charge in [0.15, 0.2) is 0 Å². The normalized spacial score (nSPS) is 23.5. The first kappa shape index (κ1) is 24.9. The number of fused-ring (bicyclic) bond motifs is 5. The number of aryl methyl sites for hydroxylation is 2. The highest BCUT2D eigenvalue weighted by molar-refractivity contribution is 6.24. The molecule has 1 N–H and O–H groups in total. The number of nitrogens with one attached hydrogen (secondary N) is 1. The summed E-state index contributed by atoms with van der Waals surface area (Å²) in [5.41, 5.74) is 2.94. The van der Waals surface area contributed by atoms with Gasteiger partial charge in [-0.3, -0.25) is 14.4 Å². The van der Waals surface area contributed by atoms with Crippen LogP contribution in [-0.4, -0.2) is 28.7 Å². The summed E-state index contributed by atoms with van der Waals surface area (Å²) < 4.78 is 39.8. The molecule has 6 nitrogen and oxygen atoms in total. The van der Waals surface area contributed by atoms with Crippen molar-refractivity contribution in [2.45, 2.75) is 32.1 Å². The van der Waals surface area contributed by atoms with E-state index in [0.29, 0.717) is 5.69 Å². The lowest BCUT2D eigenvalue weighted by atomic mass is 9.84. The SMILES string of the molecule is Cc1ccc(N2C(=O)[C@@H]3[C@@H](C2=O)[C@H]2c4ccccc4C=CN2[C@@H]3C(=O)Nc2cccc(C(F)(F)F)c2)c(C)c1. The quantitative estimate of drug-likeness (QED) is 0.455. The van der Waals surface area contributed by atoms with Crippen molar-refractivity contribution in [2.75, 3.05) is 10.2 Å². The Labute approximate surface area is 222 Å². The third-order valence-corrected chi connectivity index (χ3v) is 7.78. The number of carbonyl (C=O) groups is 3. The van der Waals surface area contributed by atoms with Crippen molar-refractivity contribution >= 4 is 35.2 Å². The Kier molecular flexibility index (Phi) is 5.64. The molecule has 0 saturated carbocycles. The molecule has 2 saturated heterocycles. The van der Waals surface area contributed by atoms with Crippen molar-refractivity contribution in [3.05, 3.63) is 101 Å². The van der Waals surface area contributed by atoms with Crippen LogP contribution in [0.15, 0.2) is 72.9 Å². The van der Waals surface area contributed by atoms with E-state index < -0.39 is 53.4 Å². The van der Waals surface area contributed by atoms with Crippen LogP contribution in [0.5, 0.6) is 0 Å². The number of hydrogen-bond donors (Lipinski definition) is 1. The summed E-state index contributed by atoms with van der Waals surface area (Å²) in [7, 11) is 0. The van der Waals surface area contributed by atoms with Crippen LogP contribution in [-0.2, 0) is 20.6 Å². The van der Waals surface area contributed by atoms with E-state index in [4.69, 9.17) is 0 Å². The predicted octanol–water partition coefficient (Wildman–Crippen LogP) is 5.48. The van der Waals surface area contributed by atoms with Crippen LogP contribution in [0.4, 0.5) is 24.5 Å². The van der Waals surface area contributed by atoms with Gasteiger partial charge in [-0.1, -0.05) is 48.0 Å². The first-order valence-corrected chi connectivity index (χ1v) is 12.5. The van der Waals surface area contributed by atoms with Gasteiger partial charge in [0.1, 0.15) is 6.04 Å². The Hall–Kier alpha value is -4.40. The van der Waals surface area contributed by atoms with Crippen LogP contribution >= 0.6 is 0 Å². The zero-order chi connectivity index (χ0) is 27.6. The first-order valence-electron chi connectivity index (χ1n) is 12.5. The van der Waals surface area contributed by atoms with Crippen LogP contribution in [0.25, 0.3) is 6.08 Å². The maximum Gasteiger partial charge on any atom is 0.416 e. The molecule has 2 fully saturated rings. The summed E-state index contributed by atoms with van der Waals surface area (Å²) in [5.74, 6) is -3.42. The van der Waals surface area contributed by atoms with E-state index in [2.05, 4.69) is 5.32 Å². The number of amides is 3. The average molecular weight is 532 g/mol. The summed E-state index contributed by atoms with van der Waals surface area (Å²) in [4.78, 5) is 44.6. The van der Waals surface area contributed by atoms with Gasteiger partial charge in [0, 0.05) is 11.9 Å². The molecule has 9 heteroatoms. The molecule has 198 valence electrons. The first-order chi connectivity index (χ1) is 18.6. The fourth-order valence-corrected chi connectivity index (χ4v) is 6.14. The van der Waals surface area contributed by atoms with E-state index in [1.807, 2.05) is 56.3 Å². The number of halogens is 3. The molecule has 3 aromatic carbocycles. The highest BCUT2D eigenvalue weighted by Crippen LogP contribution is 2.53. The standard InChI is InChI=1S/C30H24F3N3O3/c1-16-10-11-22(17(2)14-16)36-28(38)23-24(29(36)39)26(35-13-12-18-6-3-4-9-21(18)25(23)35)27(37)34-20-8-5-7-19(15-20)30(31,32)33/h3-15,23-26H,1-2H3,(H,34,37)/t23-,24-,25-,26+/m1/s1. The number of imide groups is 1. The van der Waals surface area contributed by atoms with E-state index in [0.717, 1.165) is 34.4 Å². The summed E-state index contributed by atoms with van der Waals surface area (Å²) in [5, 5.41) is 2.58. The van der Waals surface area contributed by atoms with Gasteiger partial charge in [-0.2, -0.15) is 13.2 Å². The van der Waals surface area contributed by atoms with Gasteiger partial charge >= 0.3 is 6.18 Å². The Balaban J connectivity index is 1.43. The molecule has 0 bridgehead atoms. The van der Waals surface area contributed by atoms with Gasteiger partial charge in [0.25, 0.3) is 0 Å². The van der Waals surface area contributed by atoms with Gasteiger partial charge < -0.3 is 10.2 Å². The molecular weight excluding hydrogens is 507 g/mol. The number of benzene rings is 3. The highest BCUT2D eigenvalue weighted by Gasteiger charge is 2.64. The molecule has 3 aromatic rings. The van der Waals surface area contributed by atoms with Crippen LogP contribution in [0.3, 0.4) is 0 Å². The second-order valence-electron chi connectivity index (χ2n) is 10.2.